The van der Waals surface area contributed by atoms with Crippen LogP contribution in [0.4, 0.5) is 4.39 Å². The second kappa shape index (κ2) is 15.3. The molecule has 2 atom stereocenters. The number of aliphatic carboxylic acids is 1. The van der Waals surface area contributed by atoms with E-state index in [1.165, 1.54) is 25.3 Å². The maximum absolute atomic E-state index is 13.7. The van der Waals surface area contributed by atoms with Gasteiger partial charge in [0.1, 0.15) is 12.4 Å². The maximum atomic E-state index is 13.7. The number of carboxylic acids is 1. The average molecular weight is 521 g/mol. The summed E-state index contributed by atoms with van der Waals surface area (Å²) in [6.07, 6.45) is 0.358. The van der Waals surface area contributed by atoms with Crippen LogP contribution < -0.4 is 9.47 Å². The fourth-order valence-electron chi connectivity index (χ4n) is 3.85. The smallest absolute Gasteiger partial charge is 0.305 e. The van der Waals surface area contributed by atoms with Crippen LogP contribution in [0.25, 0.3) is 17.2 Å². The fourth-order valence-corrected chi connectivity index (χ4v) is 3.85. The minimum atomic E-state index is -1.19. The minimum absolute atomic E-state index is 0.0415. The molecule has 37 heavy (non-hydrogen) atoms. The van der Waals surface area contributed by atoms with E-state index in [0.717, 1.165) is 11.1 Å². The Labute approximate surface area is 217 Å². The van der Waals surface area contributed by atoms with Gasteiger partial charge in [0.25, 0.3) is 0 Å². The van der Waals surface area contributed by atoms with Crippen LogP contribution in [-0.2, 0) is 14.3 Å². The molecule has 3 N–H and O–H groups in total. The van der Waals surface area contributed by atoms with E-state index in [0.29, 0.717) is 42.4 Å². The summed E-state index contributed by atoms with van der Waals surface area (Å²) < 4.78 is 36.0. The third kappa shape index (κ3) is 9.44. The minimum Gasteiger partial charge on any atom is -0.492 e. The molecule has 0 saturated carbocycles. The molecular formula is C28H37FO8. The monoisotopic (exact) mass is 520 g/mol. The maximum Gasteiger partial charge on any atom is 0.305 e. The van der Waals surface area contributed by atoms with E-state index in [2.05, 4.69) is 0 Å². The molecule has 0 spiro atoms. The molecule has 0 bridgehead atoms. The summed E-state index contributed by atoms with van der Waals surface area (Å²) in [6, 6.07) is 7.85. The van der Waals surface area contributed by atoms with Crippen LogP contribution in [0.3, 0.4) is 0 Å². The van der Waals surface area contributed by atoms with Crippen molar-refractivity contribution in [1.82, 2.24) is 0 Å². The number of halogens is 1. The summed E-state index contributed by atoms with van der Waals surface area (Å²) in [4.78, 5) is 10.8. The molecule has 2 aromatic rings. The summed E-state index contributed by atoms with van der Waals surface area (Å²) in [5.41, 5.74) is 2.96. The van der Waals surface area contributed by atoms with Crippen molar-refractivity contribution in [2.24, 2.45) is 0 Å². The van der Waals surface area contributed by atoms with Crippen LogP contribution >= 0.6 is 0 Å². The lowest BCUT2D eigenvalue weighted by molar-refractivity contribution is -0.139. The molecule has 0 fully saturated rings. The summed E-state index contributed by atoms with van der Waals surface area (Å²) >= 11 is 0. The normalized spacial score (nSPS) is 13.2. The molecular weight excluding hydrogens is 483 g/mol. The molecule has 2 rings (SSSR count). The van der Waals surface area contributed by atoms with Crippen LogP contribution in [0.15, 0.2) is 36.4 Å². The topological polar surface area (TPSA) is 115 Å². The molecule has 0 aromatic heterocycles. The molecule has 2 unspecified atom stereocenters. The predicted molar refractivity (Wildman–Crippen MR) is 139 cm³/mol. The molecule has 0 radical (unpaired) electrons. The number of methoxy groups -OCH3 is 2. The largest absolute Gasteiger partial charge is 0.492 e. The lowest BCUT2D eigenvalue weighted by atomic mass is 9.88. The zero-order valence-corrected chi connectivity index (χ0v) is 21.8. The molecule has 0 aliphatic heterocycles. The number of hydrogen-bond donors (Lipinski definition) is 3. The highest BCUT2D eigenvalue weighted by Crippen LogP contribution is 2.45. The van der Waals surface area contributed by atoms with Crippen LogP contribution in [-0.4, -0.2) is 74.1 Å². The van der Waals surface area contributed by atoms with E-state index >= 15 is 0 Å². The van der Waals surface area contributed by atoms with Gasteiger partial charge in [0, 0.05) is 19.1 Å². The lowest BCUT2D eigenvalue weighted by Gasteiger charge is -2.22. The molecule has 2 aromatic carbocycles. The molecule has 0 heterocycles. The second-order valence-corrected chi connectivity index (χ2v) is 8.81. The molecule has 0 saturated heterocycles. The van der Waals surface area contributed by atoms with Gasteiger partial charge >= 0.3 is 5.97 Å². The van der Waals surface area contributed by atoms with Gasteiger partial charge in [-0.25, -0.2) is 4.39 Å². The number of rotatable bonds is 16. The van der Waals surface area contributed by atoms with E-state index in [9.17, 15) is 19.4 Å². The Hall–Kier alpha value is -2.98. The van der Waals surface area contributed by atoms with Crippen molar-refractivity contribution in [3.63, 3.8) is 0 Å². The number of hydrogen-bond acceptors (Lipinski definition) is 7. The molecule has 8 nitrogen and oxygen atoms in total. The average Bonchev–Trinajstić information content (AvgIpc) is 2.84. The Kier molecular flexibility index (Phi) is 12.5. The predicted octanol–water partition coefficient (Wildman–Crippen LogP) is 4.27. The van der Waals surface area contributed by atoms with Crippen LogP contribution in [0, 0.1) is 5.82 Å². The van der Waals surface area contributed by atoms with E-state index in [-0.39, 0.29) is 24.8 Å². The Bertz CT molecular complexity index is 1020. The molecule has 0 aliphatic rings. The Morgan fingerprint density at radius 1 is 1.05 bits per heavy atom. The summed E-state index contributed by atoms with van der Waals surface area (Å²) in [5.74, 6) is -0.552. The summed E-state index contributed by atoms with van der Waals surface area (Å²) in [7, 11) is 3.12. The highest BCUT2D eigenvalue weighted by atomic mass is 19.1. The van der Waals surface area contributed by atoms with Gasteiger partial charge in [-0.1, -0.05) is 38.1 Å². The van der Waals surface area contributed by atoms with Crippen molar-refractivity contribution >= 4 is 12.0 Å². The van der Waals surface area contributed by atoms with Crippen LogP contribution in [0.1, 0.15) is 43.7 Å². The lowest BCUT2D eigenvalue weighted by Crippen LogP contribution is -2.19. The fraction of sp³-hybridized carbons (Fsp3) is 0.464. The first-order valence-electron chi connectivity index (χ1n) is 12.1. The first kappa shape index (κ1) is 30.2. The van der Waals surface area contributed by atoms with Crippen molar-refractivity contribution in [1.29, 1.82) is 0 Å². The molecule has 9 heteroatoms. The van der Waals surface area contributed by atoms with Crippen molar-refractivity contribution in [3.8, 4) is 22.6 Å². The van der Waals surface area contributed by atoms with Crippen molar-refractivity contribution in [2.45, 2.75) is 44.8 Å². The van der Waals surface area contributed by atoms with Gasteiger partial charge in [0.05, 0.1) is 45.6 Å². The highest BCUT2D eigenvalue weighted by molar-refractivity contribution is 5.85. The Morgan fingerprint density at radius 2 is 1.73 bits per heavy atom. The Balaban J connectivity index is 2.51. The number of benzene rings is 2. The van der Waals surface area contributed by atoms with E-state index in [1.54, 1.807) is 25.3 Å². The quantitative estimate of drug-likeness (QED) is 0.281. The highest BCUT2D eigenvalue weighted by Gasteiger charge is 2.22. The van der Waals surface area contributed by atoms with Crippen LogP contribution in [0.5, 0.6) is 11.5 Å². The third-order valence-corrected chi connectivity index (χ3v) is 5.60. The zero-order chi connectivity index (χ0) is 27.4. The van der Waals surface area contributed by atoms with E-state index in [1.807, 2.05) is 19.9 Å². The molecule has 0 amide bonds. The third-order valence-electron chi connectivity index (χ3n) is 5.60. The standard InChI is InChI=1S/C28H37FO8/c1-18(2)24-17-25(37-14-13-36-12-11-34-3)28(35-4)27(19-5-7-20(29)8-6-19)23(24)10-9-21(30)15-22(31)16-26(32)33/h5-10,17-18,21-22,30-31H,11-16H2,1-4H3,(H,32,33)/b10-9+. The van der Waals surface area contributed by atoms with Crippen molar-refractivity contribution < 1.29 is 43.5 Å². The number of carboxylic acid groups (broad SMARTS) is 1. The number of aliphatic hydroxyl groups is 2. The number of aliphatic hydroxyl groups excluding tert-OH is 2. The SMILES string of the molecule is COCCOCCOc1cc(C(C)C)c(/C=C/C(O)CC(O)CC(=O)O)c(-c2ccc(F)cc2)c1OC. The molecule has 0 aliphatic carbocycles. The van der Waals surface area contributed by atoms with Gasteiger partial charge in [-0.3, -0.25) is 4.79 Å². The summed E-state index contributed by atoms with van der Waals surface area (Å²) in [6.45, 7) is 5.58. The van der Waals surface area contributed by atoms with Gasteiger partial charge in [0.15, 0.2) is 11.5 Å². The van der Waals surface area contributed by atoms with Crippen molar-refractivity contribution in [2.75, 3.05) is 40.6 Å². The second-order valence-electron chi connectivity index (χ2n) is 8.81. The number of ether oxygens (including phenoxy) is 4. The first-order valence-corrected chi connectivity index (χ1v) is 12.1. The van der Waals surface area contributed by atoms with E-state index in [4.69, 9.17) is 24.1 Å². The van der Waals surface area contributed by atoms with Gasteiger partial charge in [0.2, 0.25) is 0 Å². The van der Waals surface area contributed by atoms with Crippen LogP contribution in [0.2, 0.25) is 0 Å². The van der Waals surface area contributed by atoms with Gasteiger partial charge in [-0.2, -0.15) is 0 Å². The van der Waals surface area contributed by atoms with E-state index < -0.39 is 24.6 Å². The van der Waals surface area contributed by atoms with Gasteiger partial charge in [-0.05, 0) is 40.8 Å². The molecule has 204 valence electrons. The summed E-state index contributed by atoms with van der Waals surface area (Å²) in [5, 5.41) is 29.2. The zero-order valence-electron chi connectivity index (χ0n) is 21.8. The van der Waals surface area contributed by atoms with Crippen molar-refractivity contribution in [3.05, 3.63) is 53.4 Å². The van der Waals surface area contributed by atoms with Gasteiger partial charge < -0.3 is 34.3 Å². The van der Waals surface area contributed by atoms with Gasteiger partial charge in [-0.15, -0.1) is 0 Å². The Morgan fingerprint density at radius 3 is 2.32 bits per heavy atom. The number of carbonyl (C=O) groups is 1. The first-order chi connectivity index (χ1) is 17.7.